The van der Waals surface area contributed by atoms with Gasteiger partial charge in [0.15, 0.2) is 0 Å². The monoisotopic (exact) mass is 260 g/mol. The largest absolute Gasteiger partial charge is 0.207 e. The van der Waals surface area contributed by atoms with E-state index in [2.05, 4.69) is 0 Å². The van der Waals surface area contributed by atoms with Gasteiger partial charge in [-0.05, 0) is 30.9 Å². The number of benzene rings is 1. The van der Waals surface area contributed by atoms with Crippen LogP contribution in [0.4, 0.5) is 4.39 Å². The van der Waals surface area contributed by atoms with E-state index < -0.39 is 0 Å². The fourth-order valence-electron chi connectivity index (χ4n) is 2.12. The molecule has 0 aliphatic heterocycles. The molecule has 0 bridgehead atoms. The highest BCUT2D eigenvalue weighted by molar-refractivity contribution is 6.31. The molecule has 1 fully saturated rings. The van der Waals surface area contributed by atoms with Crippen molar-refractivity contribution in [2.75, 3.05) is 0 Å². The number of rotatable bonds is 4. The van der Waals surface area contributed by atoms with Crippen molar-refractivity contribution in [1.82, 2.24) is 0 Å². The third-order valence-electron chi connectivity index (χ3n) is 3.30. The minimum Gasteiger partial charge on any atom is -0.207 e. The molecule has 1 unspecified atom stereocenters. The molecule has 2 rings (SSSR count). The second-order valence-electron chi connectivity index (χ2n) is 4.53. The SMILES string of the molecule is Fc1cccc(Cl)c1CC(Cl)CC1CCC1. The van der Waals surface area contributed by atoms with Gasteiger partial charge in [-0.2, -0.15) is 0 Å². The van der Waals surface area contributed by atoms with Crippen LogP contribution in [-0.2, 0) is 6.42 Å². The summed E-state index contributed by atoms with van der Waals surface area (Å²) in [5, 5.41) is 0.485. The molecule has 1 atom stereocenters. The Morgan fingerprint density at radius 1 is 1.38 bits per heavy atom. The third kappa shape index (κ3) is 2.89. The molecule has 16 heavy (non-hydrogen) atoms. The minimum atomic E-state index is -0.244. The van der Waals surface area contributed by atoms with Gasteiger partial charge < -0.3 is 0 Å². The highest BCUT2D eigenvalue weighted by Crippen LogP contribution is 2.33. The molecule has 0 radical (unpaired) electrons. The van der Waals surface area contributed by atoms with Gasteiger partial charge in [-0.25, -0.2) is 4.39 Å². The standard InChI is InChI=1S/C13H15Cl2F/c14-10(7-9-3-1-4-9)8-11-12(15)5-2-6-13(11)16/h2,5-6,9-10H,1,3-4,7-8H2. The predicted octanol–water partition coefficient (Wildman–Crippen LogP) is 4.82. The van der Waals surface area contributed by atoms with Crippen LogP contribution in [0.15, 0.2) is 18.2 Å². The quantitative estimate of drug-likeness (QED) is 0.681. The van der Waals surface area contributed by atoms with Crippen LogP contribution in [0.25, 0.3) is 0 Å². The van der Waals surface area contributed by atoms with Crippen LogP contribution >= 0.6 is 23.2 Å². The number of hydrogen-bond acceptors (Lipinski definition) is 0. The maximum atomic E-state index is 13.5. The van der Waals surface area contributed by atoms with E-state index in [1.807, 2.05) is 0 Å². The van der Waals surface area contributed by atoms with E-state index in [0.29, 0.717) is 17.0 Å². The lowest BCUT2D eigenvalue weighted by Crippen LogP contribution is -2.18. The molecule has 0 amide bonds. The highest BCUT2D eigenvalue weighted by atomic mass is 35.5. The Morgan fingerprint density at radius 3 is 2.69 bits per heavy atom. The minimum absolute atomic E-state index is 0.000278. The smallest absolute Gasteiger partial charge is 0.127 e. The van der Waals surface area contributed by atoms with E-state index in [1.165, 1.54) is 25.3 Å². The van der Waals surface area contributed by atoms with Gasteiger partial charge in [0.05, 0.1) is 0 Å². The van der Waals surface area contributed by atoms with Crippen molar-refractivity contribution in [3.63, 3.8) is 0 Å². The zero-order chi connectivity index (χ0) is 11.5. The van der Waals surface area contributed by atoms with Crippen LogP contribution in [0.5, 0.6) is 0 Å². The molecule has 1 aromatic rings. The van der Waals surface area contributed by atoms with Crippen molar-refractivity contribution < 1.29 is 4.39 Å². The zero-order valence-corrected chi connectivity index (χ0v) is 10.6. The molecule has 0 saturated heterocycles. The number of halogens is 3. The molecule has 1 aliphatic carbocycles. The maximum Gasteiger partial charge on any atom is 0.127 e. The Kier molecular flexibility index (Phi) is 4.10. The number of hydrogen-bond donors (Lipinski definition) is 0. The van der Waals surface area contributed by atoms with Gasteiger partial charge in [0.25, 0.3) is 0 Å². The zero-order valence-electron chi connectivity index (χ0n) is 9.06. The third-order valence-corrected chi connectivity index (χ3v) is 3.99. The second-order valence-corrected chi connectivity index (χ2v) is 5.56. The molecule has 1 aliphatic rings. The highest BCUT2D eigenvalue weighted by Gasteiger charge is 2.22. The summed E-state index contributed by atoms with van der Waals surface area (Å²) >= 11 is 12.2. The summed E-state index contributed by atoms with van der Waals surface area (Å²) in [6, 6.07) is 4.78. The van der Waals surface area contributed by atoms with Crippen LogP contribution in [0.1, 0.15) is 31.2 Å². The van der Waals surface area contributed by atoms with E-state index in [1.54, 1.807) is 12.1 Å². The molecule has 3 heteroatoms. The van der Waals surface area contributed by atoms with Crippen molar-refractivity contribution in [3.8, 4) is 0 Å². The number of alkyl halides is 1. The van der Waals surface area contributed by atoms with Crippen molar-refractivity contribution in [2.24, 2.45) is 5.92 Å². The molecule has 0 heterocycles. The molecular formula is C13H15Cl2F. The van der Waals surface area contributed by atoms with Gasteiger partial charge in [-0.1, -0.05) is 36.9 Å². The van der Waals surface area contributed by atoms with E-state index in [-0.39, 0.29) is 11.2 Å². The second kappa shape index (κ2) is 5.37. The molecule has 0 spiro atoms. The van der Waals surface area contributed by atoms with Crippen LogP contribution in [0, 0.1) is 11.7 Å². The first kappa shape index (κ1) is 12.2. The Bertz CT molecular complexity index is 341. The molecule has 0 aromatic heterocycles. The molecule has 0 nitrogen and oxygen atoms in total. The molecule has 88 valence electrons. The lowest BCUT2D eigenvalue weighted by atomic mass is 9.81. The molecule has 1 saturated carbocycles. The first-order valence-electron chi connectivity index (χ1n) is 5.73. The Labute approximate surface area is 106 Å². The summed E-state index contributed by atoms with van der Waals surface area (Å²) in [6.45, 7) is 0. The molecule has 0 N–H and O–H groups in total. The van der Waals surface area contributed by atoms with Crippen molar-refractivity contribution in [2.45, 2.75) is 37.5 Å². The fourth-order valence-corrected chi connectivity index (χ4v) is 2.77. The fraction of sp³-hybridized carbons (Fsp3) is 0.538. The summed E-state index contributed by atoms with van der Waals surface area (Å²) in [7, 11) is 0. The Hall–Kier alpha value is -0.270. The average molecular weight is 261 g/mol. The summed E-state index contributed by atoms with van der Waals surface area (Å²) < 4.78 is 13.5. The van der Waals surface area contributed by atoms with Gasteiger partial charge in [-0.3, -0.25) is 0 Å². The van der Waals surface area contributed by atoms with Crippen molar-refractivity contribution in [1.29, 1.82) is 0 Å². The molecule has 1 aromatic carbocycles. The average Bonchev–Trinajstić information content (AvgIpc) is 2.18. The van der Waals surface area contributed by atoms with Crippen LogP contribution in [0.2, 0.25) is 5.02 Å². The van der Waals surface area contributed by atoms with Gasteiger partial charge in [-0.15, -0.1) is 11.6 Å². The van der Waals surface area contributed by atoms with Gasteiger partial charge >= 0.3 is 0 Å². The van der Waals surface area contributed by atoms with Crippen molar-refractivity contribution in [3.05, 3.63) is 34.6 Å². The summed E-state index contributed by atoms with van der Waals surface area (Å²) in [5.41, 5.74) is 0.559. The summed E-state index contributed by atoms with van der Waals surface area (Å²) in [4.78, 5) is 0. The van der Waals surface area contributed by atoms with Crippen LogP contribution in [-0.4, -0.2) is 5.38 Å². The van der Waals surface area contributed by atoms with Gasteiger partial charge in [0.2, 0.25) is 0 Å². The Balaban J connectivity index is 1.96. The van der Waals surface area contributed by atoms with Crippen LogP contribution in [0.3, 0.4) is 0 Å². The molecular weight excluding hydrogens is 246 g/mol. The van der Waals surface area contributed by atoms with E-state index >= 15 is 0 Å². The Morgan fingerprint density at radius 2 is 2.12 bits per heavy atom. The van der Waals surface area contributed by atoms with Crippen LogP contribution < -0.4 is 0 Å². The van der Waals surface area contributed by atoms with E-state index in [4.69, 9.17) is 23.2 Å². The van der Waals surface area contributed by atoms with Crippen molar-refractivity contribution >= 4 is 23.2 Å². The van der Waals surface area contributed by atoms with Gasteiger partial charge in [0.1, 0.15) is 5.82 Å². The van der Waals surface area contributed by atoms with E-state index in [9.17, 15) is 4.39 Å². The lowest BCUT2D eigenvalue weighted by molar-refractivity contribution is 0.291. The maximum absolute atomic E-state index is 13.5. The first-order chi connectivity index (χ1) is 7.66. The summed E-state index contributed by atoms with van der Waals surface area (Å²) in [6.07, 6.45) is 5.37. The normalized spacial score (nSPS) is 18.2. The predicted molar refractivity (Wildman–Crippen MR) is 66.7 cm³/mol. The van der Waals surface area contributed by atoms with Gasteiger partial charge in [0, 0.05) is 16.0 Å². The van der Waals surface area contributed by atoms with E-state index in [0.717, 1.165) is 12.3 Å². The lowest BCUT2D eigenvalue weighted by Gasteiger charge is -2.27. The first-order valence-corrected chi connectivity index (χ1v) is 6.55. The summed E-state index contributed by atoms with van der Waals surface area (Å²) in [5.74, 6) is 0.500. The topological polar surface area (TPSA) is 0 Å².